The summed E-state index contributed by atoms with van der Waals surface area (Å²) < 4.78 is 1.35. The fourth-order valence-corrected chi connectivity index (χ4v) is 2.80. The van der Waals surface area contributed by atoms with Crippen LogP contribution in [0.4, 0.5) is 5.69 Å². The van der Waals surface area contributed by atoms with Gasteiger partial charge in [0.2, 0.25) is 0 Å². The zero-order valence-electron chi connectivity index (χ0n) is 14.2. The summed E-state index contributed by atoms with van der Waals surface area (Å²) in [6, 6.07) is 20.0. The largest absolute Gasteiger partial charge is 0.322 e. The molecule has 0 radical (unpaired) electrons. The number of nitrogens with one attached hydrogen (secondary N) is 2. The molecule has 2 N–H and O–H groups in total. The predicted octanol–water partition coefficient (Wildman–Crippen LogP) is 3.07. The molecule has 0 aliphatic carbocycles. The highest BCUT2D eigenvalue weighted by atomic mass is 16.2. The van der Waals surface area contributed by atoms with E-state index in [1.807, 2.05) is 36.4 Å². The van der Waals surface area contributed by atoms with Gasteiger partial charge in [0.25, 0.3) is 11.8 Å². The number of hydrogen-bond donors (Lipinski definition) is 2. The molecule has 0 aliphatic rings. The van der Waals surface area contributed by atoms with E-state index in [4.69, 9.17) is 0 Å². The Labute approximate surface area is 154 Å². The summed E-state index contributed by atoms with van der Waals surface area (Å²) in [5.41, 5.74) is 4.13. The molecular formula is C20H15N5O2. The molecule has 0 saturated carbocycles. The van der Waals surface area contributed by atoms with Gasteiger partial charge in [-0.1, -0.05) is 42.5 Å². The number of nitrogens with zero attached hydrogens (tertiary/aromatic N) is 3. The molecule has 132 valence electrons. The Bertz CT molecular complexity index is 1120. The van der Waals surface area contributed by atoms with E-state index in [2.05, 4.69) is 20.9 Å². The Kier molecular flexibility index (Phi) is 4.32. The van der Waals surface area contributed by atoms with E-state index < -0.39 is 0 Å². The molecule has 2 amide bonds. The Balaban J connectivity index is 1.56. The van der Waals surface area contributed by atoms with Crippen LogP contribution in [0.3, 0.4) is 0 Å². The SMILES string of the molecule is O=C(Nn1cnnc1)c1cccc(NC(=O)c2cccc3ccccc23)c1. The molecule has 7 nitrogen and oxygen atoms in total. The zero-order valence-corrected chi connectivity index (χ0v) is 14.2. The van der Waals surface area contributed by atoms with Crippen LogP contribution < -0.4 is 10.7 Å². The van der Waals surface area contributed by atoms with Gasteiger partial charge >= 0.3 is 0 Å². The van der Waals surface area contributed by atoms with Crippen molar-refractivity contribution in [1.29, 1.82) is 0 Å². The van der Waals surface area contributed by atoms with Crippen LogP contribution >= 0.6 is 0 Å². The van der Waals surface area contributed by atoms with Crippen molar-refractivity contribution in [3.8, 4) is 0 Å². The number of benzene rings is 3. The fourth-order valence-electron chi connectivity index (χ4n) is 2.80. The zero-order chi connectivity index (χ0) is 18.6. The third-order valence-corrected chi connectivity index (χ3v) is 4.07. The van der Waals surface area contributed by atoms with Crippen molar-refractivity contribution >= 4 is 28.3 Å². The number of aromatic nitrogens is 3. The van der Waals surface area contributed by atoms with Gasteiger partial charge < -0.3 is 5.32 Å². The maximum absolute atomic E-state index is 12.7. The molecular weight excluding hydrogens is 342 g/mol. The monoisotopic (exact) mass is 357 g/mol. The first-order valence-corrected chi connectivity index (χ1v) is 8.26. The van der Waals surface area contributed by atoms with Crippen LogP contribution in [0, 0.1) is 0 Å². The molecule has 1 heterocycles. The topological polar surface area (TPSA) is 88.9 Å². The van der Waals surface area contributed by atoms with Gasteiger partial charge in [-0.2, -0.15) is 0 Å². The summed E-state index contributed by atoms with van der Waals surface area (Å²) in [6.45, 7) is 0. The van der Waals surface area contributed by atoms with Crippen molar-refractivity contribution in [3.63, 3.8) is 0 Å². The minimum Gasteiger partial charge on any atom is -0.322 e. The van der Waals surface area contributed by atoms with E-state index in [1.54, 1.807) is 30.3 Å². The second-order valence-corrected chi connectivity index (χ2v) is 5.87. The highest BCUT2D eigenvalue weighted by Crippen LogP contribution is 2.20. The maximum Gasteiger partial charge on any atom is 0.270 e. The lowest BCUT2D eigenvalue weighted by molar-refractivity contribution is 0.100. The quantitative estimate of drug-likeness (QED) is 0.587. The Morgan fingerprint density at radius 2 is 1.56 bits per heavy atom. The second kappa shape index (κ2) is 7.09. The van der Waals surface area contributed by atoms with Crippen LogP contribution in [-0.4, -0.2) is 26.7 Å². The normalized spacial score (nSPS) is 10.5. The smallest absolute Gasteiger partial charge is 0.270 e. The first-order valence-electron chi connectivity index (χ1n) is 8.26. The van der Waals surface area contributed by atoms with Crippen molar-refractivity contribution in [1.82, 2.24) is 14.9 Å². The van der Waals surface area contributed by atoms with Gasteiger partial charge in [-0.15, -0.1) is 10.2 Å². The number of anilines is 1. The van der Waals surface area contributed by atoms with E-state index >= 15 is 0 Å². The second-order valence-electron chi connectivity index (χ2n) is 5.87. The van der Waals surface area contributed by atoms with E-state index in [1.165, 1.54) is 17.3 Å². The molecule has 0 aliphatic heterocycles. The molecule has 27 heavy (non-hydrogen) atoms. The number of carbonyl (C=O) groups excluding carboxylic acids is 2. The van der Waals surface area contributed by atoms with Crippen molar-refractivity contribution in [2.75, 3.05) is 10.7 Å². The summed E-state index contributed by atoms with van der Waals surface area (Å²) in [7, 11) is 0. The number of carbonyl (C=O) groups is 2. The van der Waals surface area contributed by atoms with Crippen LogP contribution in [0.5, 0.6) is 0 Å². The molecule has 0 bridgehead atoms. The van der Waals surface area contributed by atoms with Gasteiger partial charge in [-0.05, 0) is 35.0 Å². The first kappa shape index (κ1) is 16.5. The lowest BCUT2D eigenvalue weighted by Gasteiger charge is -2.10. The summed E-state index contributed by atoms with van der Waals surface area (Å²) >= 11 is 0. The molecule has 3 aromatic carbocycles. The van der Waals surface area contributed by atoms with Crippen LogP contribution in [0.15, 0.2) is 79.4 Å². The lowest BCUT2D eigenvalue weighted by Crippen LogP contribution is -2.21. The third-order valence-electron chi connectivity index (χ3n) is 4.07. The lowest BCUT2D eigenvalue weighted by atomic mass is 10.0. The average molecular weight is 357 g/mol. The van der Waals surface area contributed by atoms with E-state index in [0.717, 1.165) is 10.8 Å². The van der Waals surface area contributed by atoms with Gasteiger partial charge in [0, 0.05) is 16.8 Å². The molecule has 1 aromatic heterocycles. The molecule has 0 saturated heterocycles. The summed E-state index contributed by atoms with van der Waals surface area (Å²) in [4.78, 5) is 25.0. The number of hydrogen-bond acceptors (Lipinski definition) is 4. The Hall–Kier alpha value is -4.00. The minimum atomic E-state index is -0.337. The molecule has 0 spiro atoms. The van der Waals surface area contributed by atoms with Crippen LogP contribution in [0.25, 0.3) is 10.8 Å². The molecule has 0 unspecified atom stereocenters. The maximum atomic E-state index is 12.7. The fraction of sp³-hybridized carbons (Fsp3) is 0. The molecule has 0 fully saturated rings. The van der Waals surface area contributed by atoms with Gasteiger partial charge in [-0.25, -0.2) is 4.68 Å². The van der Waals surface area contributed by atoms with Gasteiger partial charge in [0.1, 0.15) is 12.7 Å². The van der Waals surface area contributed by atoms with E-state index in [9.17, 15) is 9.59 Å². The molecule has 7 heteroatoms. The number of amides is 2. The van der Waals surface area contributed by atoms with E-state index in [0.29, 0.717) is 16.8 Å². The third kappa shape index (κ3) is 3.52. The Morgan fingerprint density at radius 1 is 0.815 bits per heavy atom. The van der Waals surface area contributed by atoms with Crippen molar-refractivity contribution in [2.24, 2.45) is 0 Å². The summed E-state index contributed by atoms with van der Waals surface area (Å²) in [5, 5.41) is 12.0. The van der Waals surface area contributed by atoms with Crippen LogP contribution in [0.2, 0.25) is 0 Å². The average Bonchev–Trinajstić information content (AvgIpc) is 3.20. The highest BCUT2D eigenvalue weighted by molar-refractivity contribution is 6.13. The molecule has 0 atom stereocenters. The first-order chi connectivity index (χ1) is 13.2. The summed E-state index contributed by atoms with van der Waals surface area (Å²) in [5.74, 6) is -0.570. The number of rotatable bonds is 4. The Morgan fingerprint density at radius 3 is 2.41 bits per heavy atom. The van der Waals surface area contributed by atoms with Crippen LogP contribution in [-0.2, 0) is 0 Å². The highest BCUT2D eigenvalue weighted by Gasteiger charge is 2.12. The predicted molar refractivity (Wildman–Crippen MR) is 102 cm³/mol. The summed E-state index contributed by atoms with van der Waals surface area (Å²) in [6.07, 6.45) is 2.76. The molecule has 4 rings (SSSR count). The standard InChI is InChI=1S/C20H15N5O2/c26-19(24-25-12-21-22-13-25)15-7-3-8-16(11-15)23-20(27)18-10-4-6-14-5-1-2-9-17(14)18/h1-13H,(H,23,27)(H,24,26). The molecule has 4 aromatic rings. The van der Waals surface area contributed by atoms with Crippen molar-refractivity contribution in [3.05, 3.63) is 90.5 Å². The number of fused-ring (bicyclic) bond motifs is 1. The minimum absolute atomic E-state index is 0.233. The van der Waals surface area contributed by atoms with Crippen molar-refractivity contribution in [2.45, 2.75) is 0 Å². The van der Waals surface area contributed by atoms with Crippen molar-refractivity contribution < 1.29 is 9.59 Å². The van der Waals surface area contributed by atoms with Gasteiger partial charge in [0.15, 0.2) is 0 Å². The van der Waals surface area contributed by atoms with Gasteiger partial charge in [-0.3, -0.25) is 15.0 Å². The van der Waals surface area contributed by atoms with Gasteiger partial charge in [0.05, 0.1) is 0 Å². The van der Waals surface area contributed by atoms with E-state index in [-0.39, 0.29) is 11.8 Å². The van der Waals surface area contributed by atoms with Crippen LogP contribution in [0.1, 0.15) is 20.7 Å².